The van der Waals surface area contributed by atoms with Crippen LogP contribution in [0.4, 0.5) is 21.0 Å². The van der Waals surface area contributed by atoms with Crippen molar-refractivity contribution >= 4 is 67.4 Å². The van der Waals surface area contributed by atoms with Crippen molar-refractivity contribution in [3.05, 3.63) is 89.0 Å². The van der Waals surface area contributed by atoms with Crippen LogP contribution in [0.25, 0.3) is 0 Å². The molecule has 0 radical (unpaired) electrons. The minimum atomic E-state index is -2.28. The van der Waals surface area contributed by atoms with Gasteiger partial charge in [-0.05, 0) is 114 Å². The SMILES string of the molecule is C=C1C[C@@H](CO[Si](C)(C)C(C)(C)C)N(C(=O)c2cc(OC)c(OCCCCCOc3cc(NC(=O)OC(C)(C)C)c(C(=O)N4CC(=C)C[C@H]4CC)cc3OC)cc2NC(=O)OCc2ccc(O[C@@H]3O[C@H](C(=O)OC)[C@@H](OC(C)=O)[C@H](OC(C)=O)[C@H]3C)c(C(=O)CCCOCCOCCOCCOCCOCCOC)c2)C1. The average molecular weight is 1580 g/mol. The molecule has 3 aromatic rings. The lowest BCUT2D eigenvalue weighted by Crippen LogP contribution is -2.60. The average Bonchev–Trinajstić information content (AvgIpc) is 1.38. The number of esters is 3. The molecular formula is C80H118N4O26Si. The van der Waals surface area contributed by atoms with Gasteiger partial charge in [-0.3, -0.25) is 34.6 Å². The van der Waals surface area contributed by atoms with Gasteiger partial charge >= 0.3 is 30.1 Å². The van der Waals surface area contributed by atoms with Gasteiger partial charge < -0.3 is 94.8 Å². The molecule has 30 nitrogen and oxygen atoms in total. The standard InChI is InChI=1S/C80H118N4O26Si/c1-19-57-40-51(2)47-83(57)73(88)60-44-67(95-15)69(46-63(60)82-78(92)110-79(7,8)9)103-29-22-20-21-28-102-68-45-62(59(43-66(68)94-14)74(89)84-48-52(3)41-58(84)50-105-111(17,18)80(10,11)12)81-77(91)104-49-56-25-26-65(108-76-53(4)70(106-54(5)85)71(107-55(6)86)72(109-76)75(90)96-16)61(42-56)64(87)24-23-27-97-32-33-99-36-37-101-39-38-100-35-34-98-31-30-93-13/h25-26,42-46,53,57-58,70-72,76H,2-3,19-24,27-41,47-50H2,1,4-18H3,(H,81,91)(H,82,92)/t53-,57-,58+,70-,71+,72+,76-/m1/s1. The molecule has 3 saturated heterocycles. The second-order valence-corrected chi connectivity index (χ2v) is 34.5. The number of benzene rings is 3. The van der Waals surface area contributed by atoms with Crippen molar-refractivity contribution in [2.24, 2.45) is 5.92 Å². The van der Waals surface area contributed by atoms with Crippen LogP contribution in [0.3, 0.4) is 0 Å². The summed E-state index contributed by atoms with van der Waals surface area (Å²) in [7, 11) is 3.33. The molecule has 111 heavy (non-hydrogen) atoms. The molecule has 0 saturated carbocycles. The molecule has 0 spiro atoms. The lowest BCUT2D eigenvalue weighted by Gasteiger charge is -2.42. The highest BCUT2D eigenvalue weighted by molar-refractivity contribution is 6.74. The van der Waals surface area contributed by atoms with Crippen LogP contribution in [0.5, 0.6) is 28.7 Å². The van der Waals surface area contributed by atoms with E-state index < -0.39 is 92.8 Å². The molecule has 0 unspecified atom stereocenters. The first-order valence-corrected chi connectivity index (χ1v) is 40.6. The monoisotopic (exact) mass is 1580 g/mol. The van der Waals surface area contributed by atoms with Crippen LogP contribution in [-0.4, -0.2) is 242 Å². The second-order valence-electron chi connectivity index (χ2n) is 29.7. The number of carbonyl (C=O) groups excluding carboxylic acids is 8. The normalized spacial score (nSPS) is 18.6. The topological polar surface area (TPSA) is 333 Å². The number of ether oxygens (including phenoxy) is 17. The van der Waals surface area contributed by atoms with Gasteiger partial charge in [0.15, 0.2) is 55.4 Å². The second kappa shape index (κ2) is 44.7. The molecule has 4 amide bonds. The van der Waals surface area contributed by atoms with Gasteiger partial charge in [0.25, 0.3) is 11.8 Å². The molecule has 3 aliphatic rings. The summed E-state index contributed by atoms with van der Waals surface area (Å²) >= 11 is 0. The van der Waals surface area contributed by atoms with E-state index >= 15 is 4.79 Å². The fourth-order valence-electron chi connectivity index (χ4n) is 12.1. The van der Waals surface area contributed by atoms with Crippen molar-refractivity contribution in [2.75, 3.05) is 145 Å². The molecule has 0 aliphatic carbocycles. The highest BCUT2D eigenvalue weighted by Crippen LogP contribution is 2.42. The highest BCUT2D eigenvalue weighted by Gasteiger charge is 2.53. The van der Waals surface area contributed by atoms with Crippen molar-refractivity contribution in [2.45, 2.75) is 188 Å². The van der Waals surface area contributed by atoms with E-state index in [0.717, 1.165) is 38.5 Å². The molecule has 3 fully saturated rings. The number of hydrogen-bond acceptors (Lipinski definition) is 26. The molecule has 3 heterocycles. The number of nitrogens with zero attached hydrogens (tertiary/aromatic N) is 2. The number of Topliss-reactive ketones (excluding diaryl/α,β-unsaturated/α-hetero) is 1. The fourth-order valence-corrected chi connectivity index (χ4v) is 13.1. The first-order valence-electron chi connectivity index (χ1n) is 37.7. The van der Waals surface area contributed by atoms with Crippen LogP contribution in [0, 0.1) is 5.92 Å². The van der Waals surface area contributed by atoms with Crippen LogP contribution < -0.4 is 34.3 Å². The number of likely N-dealkylation sites (tertiary alicyclic amines) is 2. The maximum absolute atomic E-state index is 15.1. The Balaban J connectivity index is 1.20. The number of carbonyl (C=O) groups is 8. The van der Waals surface area contributed by atoms with Crippen molar-refractivity contribution in [3.8, 4) is 28.7 Å². The van der Waals surface area contributed by atoms with E-state index in [0.29, 0.717) is 97.1 Å². The Labute approximate surface area is 653 Å². The Hall–Kier alpha value is -8.40. The third-order valence-electron chi connectivity index (χ3n) is 18.9. The van der Waals surface area contributed by atoms with Gasteiger partial charge in [-0.25, -0.2) is 14.4 Å². The van der Waals surface area contributed by atoms with Gasteiger partial charge in [0.05, 0.1) is 147 Å². The molecule has 3 aromatic carbocycles. The number of nitrogens with one attached hydrogen (secondary N) is 2. The van der Waals surface area contributed by atoms with Gasteiger partial charge in [0.2, 0.25) is 6.29 Å². The minimum Gasteiger partial charge on any atom is -0.493 e. The van der Waals surface area contributed by atoms with Gasteiger partial charge in [0, 0.05) is 65.2 Å². The predicted octanol–water partition coefficient (Wildman–Crippen LogP) is 11.9. The smallest absolute Gasteiger partial charge is 0.412 e. The lowest BCUT2D eigenvalue weighted by molar-refractivity contribution is -0.261. The molecule has 0 bridgehead atoms. The zero-order chi connectivity index (χ0) is 81.6. The van der Waals surface area contributed by atoms with E-state index in [4.69, 9.17) is 85.0 Å². The Bertz CT molecular complexity index is 3610. The van der Waals surface area contributed by atoms with Gasteiger partial charge in [-0.2, -0.15) is 0 Å². The van der Waals surface area contributed by atoms with Crippen molar-refractivity contribution in [1.82, 2.24) is 9.80 Å². The summed E-state index contributed by atoms with van der Waals surface area (Å²) in [6.45, 7) is 35.0. The quantitative estimate of drug-likeness (QED) is 0.0133. The molecule has 618 valence electrons. The Morgan fingerprint density at radius 1 is 0.577 bits per heavy atom. The van der Waals surface area contributed by atoms with E-state index in [1.54, 1.807) is 62.8 Å². The number of methoxy groups -OCH3 is 4. The maximum atomic E-state index is 15.1. The van der Waals surface area contributed by atoms with Crippen LogP contribution >= 0.6 is 0 Å². The summed E-state index contributed by atoms with van der Waals surface area (Å²) in [6, 6.07) is 10.1. The molecule has 31 heteroatoms. The molecule has 3 aliphatic heterocycles. The Morgan fingerprint density at radius 3 is 1.56 bits per heavy atom. The zero-order valence-electron chi connectivity index (χ0n) is 67.7. The number of amides is 4. The summed E-state index contributed by atoms with van der Waals surface area (Å²) in [5.74, 6) is -3.64. The summed E-state index contributed by atoms with van der Waals surface area (Å²) in [5.41, 5.74) is 1.75. The summed E-state index contributed by atoms with van der Waals surface area (Å²) in [5, 5.41) is 5.44. The first kappa shape index (κ1) is 91.5. The maximum Gasteiger partial charge on any atom is 0.412 e. The number of hydrogen-bond donors (Lipinski definition) is 2. The largest absolute Gasteiger partial charge is 0.493 e. The molecular weight excluding hydrogens is 1460 g/mol. The van der Waals surface area contributed by atoms with Crippen LogP contribution in [0.1, 0.15) is 157 Å². The summed E-state index contributed by atoms with van der Waals surface area (Å²) in [4.78, 5) is 113. The molecule has 0 aromatic heterocycles. The zero-order valence-corrected chi connectivity index (χ0v) is 68.7. The summed E-state index contributed by atoms with van der Waals surface area (Å²) < 4.78 is 104. The van der Waals surface area contributed by atoms with Crippen LogP contribution in [0.15, 0.2) is 66.8 Å². The number of rotatable bonds is 45. The van der Waals surface area contributed by atoms with E-state index in [-0.39, 0.29) is 139 Å². The molecule has 6 rings (SSSR count). The first-order chi connectivity index (χ1) is 52.7. The van der Waals surface area contributed by atoms with Gasteiger partial charge in [-0.15, -0.1) is 0 Å². The fraction of sp³-hybridized carbons (Fsp3) is 0.625. The Morgan fingerprint density at radius 2 is 1.07 bits per heavy atom. The van der Waals surface area contributed by atoms with E-state index in [1.807, 2.05) is 6.92 Å². The van der Waals surface area contributed by atoms with Gasteiger partial charge in [0.1, 0.15) is 18.0 Å². The van der Waals surface area contributed by atoms with E-state index in [1.165, 1.54) is 38.5 Å². The third kappa shape index (κ3) is 28.6. The van der Waals surface area contributed by atoms with Gasteiger partial charge in [-0.1, -0.05) is 65.0 Å². The van der Waals surface area contributed by atoms with Crippen molar-refractivity contribution < 1.29 is 123 Å². The third-order valence-corrected chi connectivity index (χ3v) is 23.4. The van der Waals surface area contributed by atoms with E-state index in [9.17, 15) is 33.6 Å². The van der Waals surface area contributed by atoms with Crippen molar-refractivity contribution in [1.29, 1.82) is 0 Å². The summed E-state index contributed by atoms with van der Waals surface area (Å²) in [6.07, 6.45) is -3.76. The predicted molar refractivity (Wildman–Crippen MR) is 413 cm³/mol. The van der Waals surface area contributed by atoms with Crippen molar-refractivity contribution in [3.63, 3.8) is 0 Å². The van der Waals surface area contributed by atoms with Crippen LogP contribution in [0.2, 0.25) is 18.1 Å². The lowest BCUT2D eigenvalue weighted by atomic mass is 9.91. The molecule has 7 atom stereocenters. The molecule has 2 N–H and O–H groups in total. The van der Waals surface area contributed by atoms with Crippen LogP contribution in [-0.2, 0) is 82.3 Å². The minimum absolute atomic E-state index is 0.0201. The number of unbranched alkanes of at least 4 members (excludes halogenated alkanes) is 2. The highest BCUT2D eigenvalue weighted by atomic mass is 28.4. The number of ketones is 1. The number of anilines is 2. The Kier molecular flexibility index (Phi) is 36.9. The van der Waals surface area contributed by atoms with E-state index in [2.05, 4.69) is 57.7 Å².